The van der Waals surface area contributed by atoms with E-state index in [-0.39, 0.29) is 12.0 Å². The summed E-state index contributed by atoms with van der Waals surface area (Å²) in [6, 6.07) is 5.48. The molecule has 6 nitrogen and oxygen atoms in total. The lowest BCUT2D eigenvalue weighted by atomic mass is 10.2. The summed E-state index contributed by atoms with van der Waals surface area (Å²) in [5.41, 5.74) is 0.822. The first-order valence-corrected chi connectivity index (χ1v) is 6.92. The molecule has 0 aliphatic rings. The SMILES string of the molecule is CNC(CCSc1nnc2ccccn12)C(=O)OC. The Bertz CT molecular complexity index is 557. The molecule has 0 aromatic carbocycles. The summed E-state index contributed by atoms with van der Waals surface area (Å²) in [6.45, 7) is 0. The number of nitrogens with zero attached hydrogens (tertiary/aromatic N) is 3. The lowest BCUT2D eigenvalue weighted by Gasteiger charge is -2.12. The fraction of sp³-hybridized carbons (Fsp3) is 0.417. The summed E-state index contributed by atoms with van der Waals surface area (Å²) in [6.07, 6.45) is 2.60. The summed E-state index contributed by atoms with van der Waals surface area (Å²) < 4.78 is 6.65. The van der Waals surface area contributed by atoms with E-state index >= 15 is 0 Å². The summed E-state index contributed by atoms with van der Waals surface area (Å²) >= 11 is 1.57. The molecule has 1 N–H and O–H groups in total. The number of nitrogens with one attached hydrogen (secondary N) is 1. The lowest BCUT2D eigenvalue weighted by molar-refractivity contribution is -0.143. The predicted octanol–water partition coefficient (Wildman–Crippen LogP) is 0.972. The van der Waals surface area contributed by atoms with Crippen molar-refractivity contribution in [1.29, 1.82) is 0 Å². The van der Waals surface area contributed by atoms with Crippen molar-refractivity contribution in [3.8, 4) is 0 Å². The molecule has 0 aliphatic carbocycles. The maximum Gasteiger partial charge on any atom is 0.322 e. The molecule has 1 unspecified atom stereocenters. The van der Waals surface area contributed by atoms with Crippen LogP contribution in [0, 0.1) is 0 Å². The molecule has 0 radical (unpaired) electrons. The second kappa shape index (κ2) is 6.53. The van der Waals surface area contributed by atoms with Gasteiger partial charge in [-0.1, -0.05) is 17.8 Å². The summed E-state index contributed by atoms with van der Waals surface area (Å²) in [5, 5.41) is 12.0. The molecule has 0 saturated carbocycles. The largest absolute Gasteiger partial charge is 0.468 e. The Morgan fingerprint density at radius 3 is 3.11 bits per heavy atom. The van der Waals surface area contributed by atoms with Crippen LogP contribution in [0.4, 0.5) is 0 Å². The van der Waals surface area contributed by atoms with Gasteiger partial charge in [-0.3, -0.25) is 9.20 Å². The van der Waals surface area contributed by atoms with Gasteiger partial charge in [0.1, 0.15) is 6.04 Å². The molecular weight excluding hydrogens is 264 g/mol. The van der Waals surface area contributed by atoms with E-state index in [2.05, 4.69) is 15.5 Å². The molecule has 0 aliphatic heterocycles. The smallest absolute Gasteiger partial charge is 0.322 e. The predicted molar refractivity (Wildman–Crippen MR) is 73.2 cm³/mol. The third-order valence-corrected chi connectivity index (χ3v) is 3.73. The second-order valence-corrected chi connectivity index (χ2v) is 4.98. The van der Waals surface area contributed by atoms with Gasteiger partial charge in [0.05, 0.1) is 7.11 Å². The Hall–Kier alpha value is -1.60. The first-order valence-electron chi connectivity index (χ1n) is 5.94. The fourth-order valence-electron chi connectivity index (χ4n) is 1.71. The summed E-state index contributed by atoms with van der Waals surface area (Å²) in [4.78, 5) is 11.4. The zero-order valence-electron chi connectivity index (χ0n) is 10.9. The number of rotatable bonds is 6. The van der Waals surface area contributed by atoms with Crippen LogP contribution in [-0.4, -0.2) is 46.5 Å². The molecular formula is C12H16N4O2S. The first kappa shape index (κ1) is 13.8. The normalized spacial score (nSPS) is 12.5. The topological polar surface area (TPSA) is 68.5 Å². The number of carbonyl (C=O) groups is 1. The van der Waals surface area contributed by atoms with Gasteiger partial charge in [0.15, 0.2) is 10.8 Å². The Kier molecular flexibility index (Phi) is 4.75. The molecule has 2 aromatic heterocycles. The number of carbonyl (C=O) groups excluding carboxylic acids is 1. The number of likely N-dealkylation sites (N-methyl/N-ethyl adjacent to an activating group) is 1. The fourth-order valence-corrected chi connectivity index (χ4v) is 2.64. The Balaban J connectivity index is 1.94. The van der Waals surface area contributed by atoms with Gasteiger partial charge in [-0.2, -0.15) is 0 Å². The van der Waals surface area contributed by atoms with E-state index in [9.17, 15) is 4.79 Å². The molecule has 2 heterocycles. The Morgan fingerprint density at radius 1 is 1.53 bits per heavy atom. The third kappa shape index (κ3) is 3.24. The molecule has 7 heteroatoms. The van der Waals surface area contributed by atoms with Crippen LogP contribution in [0.1, 0.15) is 6.42 Å². The number of hydrogen-bond donors (Lipinski definition) is 1. The molecule has 0 amide bonds. The van der Waals surface area contributed by atoms with E-state index in [1.165, 1.54) is 7.11 Å². The third-order valence-electron chi connectivity index (χ3n) is 2.75. The molecule has 102 valence electrons. The monoisotopic (exact) mass is 280 g/mol. The van der Waals surface area contributed by atoms with E-state index in [4.69, 9.17) is 4.74 Å². The first-order chi connectivity index (χ1) is 9.26. The van der Waals surface area contributed by atoms with Crippen LogP contribution in [0.25, 0.3) is 5.65 Å². The second-order valence-electron chi connectivity index (χ2n) is 3.91. The number of ether oxygens (including phenoxy) is 1. The van der Waals surface area contributed by atoms with Gasteiger partial charge in [-0.15, -0.1) is 10.2 Å². The van der Waals surface area contributed by atoms with Crippen molar-refractivity contribution in [1.82, 2.24) is 19.9 Å². The zero-order chi connectivity index (χ0) is 13.7. The quantitative estimate of drug-likeness (QED) is 0.628. The van der Waals surface area contributed by atoms with Crippen molar-refractivity contribution in [2.75, 3.05) is 19.9 Å². The maximum atomic E-state index is 11.4. The van der Waals surface area contributed by atoms with E-state index in [0.717, 1.165) is 16.6 Å². The van der Waals surface area contributed by atoms with Crippen molar-refractivity contribution < 1.29 is 9.53 Å². The Labute approximate surface area is 115 Å². The number of pyridine rings is 1. The molecule has 2 rings (SSSR count). The van der Waals surface area contributed by atoms with Gasteiger partial charge >= 0.3 is 5.97 Å². The van der Waals surface area contributed by atoms with Crippen molar-refractivity contribution in [2.24, 2.45) is 0 Å². The van der Waals surface area contributed by atoms with Crippen LogP contribution in [0.2, 0.25) is 0 Å². The van der Waals surface area contributed by atoms with Crippen LogP contribution in [0.15, 0.2) is 29.6 Å². The minimum atomic E-state index is -0.281. The van der Waals surface area contributed by atoms with E-state index < -0.39 is 0 Å². The summed E-state index contributed by atoms with van der Waals surface area (Å²) in [5.74, 6) is 0.519. The average Bonchev–Trinajstić information content (AvgIpc) is 2.86. The van der Waals surface area contributed by atoms with Crippen LogP contribution in [0.5, 0.6) is 0 Å². The maximum absolute atomic E-state index is 11.4. The number of methoxy groups -OCH3 is 1. The number of hydrogen-bond acceptors (Lipinski definition) is 6. The molecule has 0 saturated heterocycles. The van der Waals surface area contributed by atoms with Gasteiger partial charge in [0, 0.05) is 11.9 Å². The van der Waals surface area contributed by atoms with E-state index in [1.54, 1.807) is 18.8 Å². The highest BCUT2D eigenvalue weighted by molar-refractivity contribution is 7.99. The standard InChI is InChI=1S/C12H16N4O2S/c1-13-9(11(17)18-2)6-8-19-12-15-14-10-5-3-4-7-16(10)12/h3-5,7,9,13H,6,8H2,1-2H3. The molecule has 0 fully saturated rings. The van der Waals surface area contributed by atoms with Crippen LogP contribution >= 0.6 is 11.8 Å². The van der Waals surface area contributed by atoms with Crippen molar-refractivity contribution in [3.63, 3.8) is 0 Å². The van der Waals surface area contributed by atoms with Crippen LogP contribution in [0.3, 0.4) is 0 Å². The molecule has 0 bridgehead atoms. The van der Waals surface area contributed by atoms with Gasteiger partial charge in [-0.25, -0.2) is 0 Å². The zero-order valence-corrected chi connectivity index (χ0v) is 11.7. The minimum absolute atomic E-state index is 0.241. The van der Waals surface area contributed by atoms with Crippen molar-refractivity contribution >= 4 is 23.4 Å². The molecule has 0 spiro atoms. The Morgan fingerprint density at radius 2 is 2.37 bits per heavy atom. The summed E-state index contributed by atoms with van der Waals surface area (Å²) in [7, 11) is 3.14. The molecule has 1 atom stereocenters. The number of esters is 1. The van der Waals surface area contributed by atoms with Crippen molar-refractivity contribution in [3.05, 3.63) is 24.4 Å². The molecule has 19 heavy (non-hydrogen) atoms. The number of fused-ring (bicyclic) bond motifs is 1. The van der Waals surface area contributed by atoms with E-state index in [1.807, 2.05) is 28.8 Å². The highest BCUT2D eigenvalue weighted by atomic mass is 32.2. The number of aromatic nitrogens is 3. The number of thioether (sulfide) groups is 1. The van der Waals surface area contributed by atoms with Gasteiger partial charge < -0.3 is 10.1 Å². The van der Waals surface area contributed by atoms with Crippen LogP contribution in [-0.2, 0) is 9.53 Å². The van der Waals surface area contributed by atoms with Crippen LogP contribution < -0.4 is 5.32 Å². The van der Waals surface area contributed by atoms with E-state index in [0.29, 0.717) is 6.42 Å². The lowest BCUT2D eigenvalue weighted by Crippen LogP contribution is -2.35. The average molecular weight is 280 g/mol. The van der Waals surface area contributed by atoms with Gasteiger partial charge in [0.2, 0.25) is 0 Å². The highest BCUT2D eigenvalue weighted by Crippen LogP contribution is 2.18. The van der Waals surface area contributed by atoms with Crippen molar-refractivity contribution in [2.45, 2.75) is 17.6 Å². The minimum Gasteiger partial charge on any atom is -0.468 e. The van der Waals surface area contributed by atoms with Gasteiger partial charge in [-0.05, 0) is 25.6 Å². The highest BCUT2D eigenvalue weighted by Gasteiger charge is 2.16. The molecule has 2 aromatic rings. The van der Waals surface area contributed by atoms with Gasteiger partial charge in [0.25, 0.3) is 0 Å².